The molecule has 0 radical (unpaired) electrons. The number of halogens is 1. The fraction of sp³-hybridized carbons (Fsp3) is 0.222. The second-order valence-corrected chi connectivity index (χ2v) is 6.09. The highest BCUT2D eigenvalue weighted by atomic mass is 35.5. The quantitative estimate of drug-likeness (QED) is 0.663. The summed E-state index contributed by atoms with van der Waals surface area (Å²) in [4.78, 5) is 23.8. The lowest BCUT2D eigenvalue weighted by Gasteiger charge is -2.07. The summed E-state index contributed by atoms with van der Waals surface area (Å²) in [5, 5.41) is 14.3. The smallest absolute Gasteiger partial charge is 0.251 e. The molecule has 2 N–H and O–H groups in total. The summed E-state index contributed by atoms with van der Waals surface area (Å²) in [6.45, 7) is 0.723. The fourth-order valence-corrected chi connectivity index (χ4v) is 2.58. The highest BCUT2D eigenvalue weighted by Crippen LogP contribution is 2.09. The van der Waals surface area contributed by atoms with Gasteiger partial charge < -0.3 is 10.6 Å². The maximum Gasteiger partial charge on any atom is 0.251 e. The Bertz CT molecular complexity index is 907. The zero-order valence-corrected chi connectivity index (χ0v) is 14.7. The number of carbonyl (C=O) groups is 2. The number of carbonyl (C=O) groups excluding carboxylic acids is 2. The molecule has 2 amide bonds. The SMILES string of the molecule is O=C(CCNC(=O)c1ccc(Cl)cc1)NCCc1nnc2ccccn12. The molecular formula is C18H18ClN5O2. The van der Waals surface area contributed by atoms with Crippen LogP contribution in [-0.2, 0) is 11.2 Å². The van der Waals surface area contributed by atoms with Crippen molar-refractivity contribution >= 4 is 29.1 Å². The van der Waals surface area contributed by atoms with Gasteiger partial charge in [-0.05, 0) is 36.4 Å². The van der Waals surface area contributed by atoms with Gasteiger partial charge in [0, 0.05) is 42.7 Å². The summed E-state index contributed by atoms with van der Waals surface area (Å²) in [7, 11) is 0. The van der Waals surface area contributed by atoms with Crippen molar-refractivity contribution in [3.05, 3.63) is 65.1 Å². The van der Waals surface area contributed by atoms with Gasteiger partial charge in [0.05, 0.1) is 0 Å². The third-order valence-electron chi connectivity index (χ3n) is 3.80. The molecule has 0 atom stereocenters. The van der Waals surface area contributed by atoms with Crippen molar-refractivity contribution in [3.8, 4) is 0 Å². The standard InChI is InChI=1S/C18H18ClN5O2/c19-14-6-4-13(5-7-14)18(26)21-11-9-17(25)20-10-8-16-23-22-15-3-1-2-12-24(15)16/h1-7,12H,8-11H2,(H,20,25)(H,21,26). The number of fused-ring (bicyclic) bond motifs is 1. The van der Waals surface area contributed by atoms with E-state index in [0.717, 1.165) is 11.5 Å². The topological polar surface area (TPSA) is 88.4 Å². The number of nitrogens with zero attached hydrogens (tertiary/aromatic N) is 3. The normalized spacial score (nSPS) is 10.7. The molecule has 1 aromatic carbocycles. The molecular weight excluding hydrogens is 354 g/mol. The lowest BCUT2D eigenvalue weighted by molar-refractivity contribution is -0.120. The molecule has 0 saturated carbocycles. The van der Waals surface area contributed by atoms with E-state index in [1.165, 1.54) is 0 Å². The number of rotatable bonds is 7. The summed E-state index contributed by atoms with van der Waals surface area (Å²) in [5.41, 5.74) is 1.28. The third-order valence-corrected chi connectivity index (χ3v) is 4.05. The first-order valence-electron chi connectivity index (χ1n) is 8.22. The molecule has 0 aliphatic rings. The molecule has 0 spiro atoms. The van der Waals surface area contributed by atoms with Crippen molar-refractivity contribution in [1.82, 2.24) is 25.2 Å². The van der Waals surface area contributed by atoms with Crippen LogP contribution in [0.5, 0.6) is 0 Å². The summed E-state index contributed by atoms with van der Waals surface area (Å²) in [6.07, 6.45) is 2.67. The van der Waals surface area contributed by atoms with Crippen LogP contribution in [-0.4, -0.2) is 39.5 Å². The number of aromatic nitrogens is 3. The Hall–Kier alpha value is -2.93. The zero-order chi connectivity index (χ0) is 18.4. The number of hydrogen-bond acceptors (Lipinski definition) is 4. The van der Waals surface area contributed by atoms with Gasteiger partial charge in [-0.3, -0.25) is 14.0 Å². The van der Waals surface area contributed by atoms with E-state index in [1.807, 2.05) is 28.8 Å². The van der Waals surface area contributed by atoms with Gasteiger partial charge in [-0.1, -0.05) is 17.7 Å². The van der Waals surface area contributed by atoms with Gasteiger partial charge in [0.1, 0.15) is 5.82 Å². The summed E-state index contributed by atoms with van der Waals surface area (Å²) >= 11 is 5.79. The van der Waals surface area contributed by atoms with E-state index in [0.29, 0.717) is 23.6 Å². The molecule has 0 saturated heterocycles. The van der Waals surface area contributed by atoms with Crippen molar-refractivity contribution in [3.63, 3.8) is 0 Å². The van der Waals surface area contributed by atoms with E-state index in [1.54, 1.807) is 24.3 Å². The molecule has 0 aliphatic carbocycles. The molecule has 134 valence electrons. The molecule has 8 heteroatoms. The van der Waals surface area contributed by atoms with Gasteiger partial charge in [-0.25, -0.2) is 0 Å². The number of pyridine rings is 1. The van der Waals surface area contributed by atoms with Crippen LogP contribution in [0.15, 0.2) is 48.7 Å². The van der Waals surface area contributed by atoms with Crippen LogP contribution < -0.4 is 10.6 Å². The summed E-state index contributed by atoms with van der Waals surface area (Å²) in [5.74, 6) is 0.427. The van der Waals surface area contributed by atoms with Gasteiger partial charge in [0.2, 0.25) is 5.91 Å². The maximum absolute atomic E-state index is 11.9. The summed E-state index contributed by atoms with van der Waals surface area (Å²) in [6, 6.07) is 12.3. The Kier molecular flexibility index (Phi) is 5.80. The van der Waals surface area contributed by atoms with E-state index < -0.39 is 0 Å². The second-order valence-electron chi connectivity index (χ2n) is 5.66. The van der Waals surface area contributed by atoms with Crippen molar-refractivity contribution < 1.29 is 9.59 Å². The number of amides is 2. The van der Waals surface area contributed by atoms with E-state index in [9.17, 15) is 9.59 Å². The van der Waals surface area contributed by atoms with Crippen molar-refractivity contribution in [1.29, 1.82) is 0 Å². The van der Waals surface area contributed by atoms with Crippen LogP contribution in [0.4, 0.5) is 0 Å². The minimum Gasteiger partial charge on any atom is -0.356 e. The third kappa shape index (κ3) is 4.58. The zero-order valence-electron chi connectivity index (χ0n) is 14.0. The van der Waals surface area contributed by atoms with Gasteiger partial charge in [-0.2, -0.15) is 0 Å². The Morgan fingerprint density at radius 3 is 2.62 bits per heavy atom. The van der Waals surface area contributed by atoms with Gasteiger partial charge in [-0.15, -0.1) is 10.2 Å². The first-order valence-corrected chi connectivity index (χ1v) is 8.60. The first-order chi connectivity index (χ1) is 12.6. The maximum atomic E-state index is 11.9. The predicted molar refractivity (Wildman–Crippen MR) is 98.1 cm³/mol. The van der Waals surface area contributed by atoms with Crippen LogP contribution in [0.3, 0.4) is 0 Å². The highest BCUT2D eigenvalue weighted by molar-refractivity contribution is 6.30. The number of benzene rings is 1. The molecule has 2 aromatic heterocycles. The Balaban J connectivity index is 1.38. The first kappa shape index (κ1) is 17.9. The lowest BCUT2D eigenvalue weighted by atomic mass is 10.2. The second kappa shape index (κ2) is 8.44. The van der Waals surface area contributed by atoms with E-state index in [2.05, 4.69) is 20.8 Å². The molecule has 0 bridgehead atoms. The summed E-state index contributed by atoms with van der Waals surface area (Å²) < 4.78 is 1.89. The monoisotopic (exact) mass is 371 g/mol. The van der Waals surface area contributed by atoms with Crippen LogP contribution in [0, 0.1) is 0 Å². The Morgan fingerprint density at radius 1 is 1.00 bits per heavy atom. The van der Waals surface area contributed by atoms with Crippen molar-refractivity contribution in [2.75, 3.05) is 13.1 Å². The largest absolute Gasteiger partial charge is 0.356 e. The predicted octanol–water partition coefficient (Wildman–Crippen LogP) is 1.86. The minimum absolute atomic E-state index is 0.129. The fourth-order valence-electron chi connectivity index (χ4n) is 2.46. The lowest BCUT2D eigenvalue weighted by Crippen LogP contribution is -2.31. The highest BCUT2D eigenvalue weighted by Gasteiger charge is 2.08. The van der Waals surface area contributed by atoms with Gasteiger partial charge in [0.25, 0.3) is 5.91 Å². The van der Waals surface area contributed by atoms with Crippen LogP contribution in [0.2, 0.25) is 5.02 Å². The molecule has 2 heterocycles. The van der Waals surface area contributed by atoms with Crippen molar-refractivity contribution in [2.24, 2.45) is 0 Å². The van der Waals surface area contributed by atoms with E-state index in [-0.39, 0.29) is 24.8 Å². The molecule has 0 unspecified atom stereocenters. The molecule has 0 aliphatic heterocycles. The molecule has 3 rings (SSSR count). The number of nitrogens with one attached hydrogen (secondary N) is 2. The van der Waals surface area contributed by atoms with Crippen LogP contribution in [0.1, 0.15) is 22.6 Å². The molecule has 26 heavy (non-hydrogen) atoms. The average Bonchev–Trinajstić information content (AvgIpc) is 3.05. The Morgan fingerprint density at radius 2 is 1.81 bits per heavy atom. The van der Waals surface area contributed by atoms with Gasteiger partial charge in [0.15, 0.2) is 5.65 Å². The Labute approximate surface area is 155 Å². The van der Waals surface area contributed by atoms with Crippen LogP contribution in [0.25, 0.3) is 5.65 Å². The molecule has 7 nitrogen and oxygen atoms in total. The molecule has 3 aromatic rings. The number of hydrogen-bond donors (Lipinski definition) is 2. The van der Waals surface area contributed by atoms with Crippen LogP contribution >= 0.6 is 11.6 Å². The van der Waals surface area contributed by atoms with Gasteiger partial charge >= 0.3 is 0 Å². The van der Waals surface area contributed by atoms with Crippen molar-refractivity contribution in [2.45, 2.75) is 12.8 Å². The van der Waals surface area contributed by atoms with E-state index in [4.69, 9.17) is 11.6 Å². The van der Waals surface area contributed by atoms with E-state index >= 15 is 0 Å². The molecule has 0 fully saturated rings. The minimum atomic E-state index is -0.232. The average molecular weight is 372 g/mol.